The lowest BCUT2D eigenvalue weighted by Gasteiger charge is -2.30. The van der Waals surface area contributed by atoms with Gasteiger partial charge in [-0.1, -0.05) is 53.2 Å². The molecule has 0 saturated heterocycles. The molecule has 0 N–H and O–H groups in total. The van der Waals surface area contributed by atoms with Gasteiger partial charge in [-0.25, -0.2) is 0 Å². The van der Waals surface area contributed by atoms with E-state index in [9.17, 15) is 0 Å². The normalized spacial score (nSPS) is 20.5. The van der Waals surface area contributed by atoms with Gasteiger partial charge < -0.3 is 0 Å². The Kier molecular flexibility index (Phi) is 5.36. The van der Waals surface area contributed by atoms with E-state index in [0.29, 0.717) is 5.92 Å². The molecule has 0 rings (SSSR count). The molecule has 0 heteroatoms. The molecule has 0 aromatic carbocycles. The molecule has 0 amide bonds. The fourth-order valence-corrected chi connectivity index (χ4v) is 1.79. The van der Waals surface area contributed by atoms with Crippen molar-refractivity contribution in [1.82, 2.24) is 0 Å². The molecule has 0 aliphatic carbocycles. The zero-order valence-corrected chi connectivity index (χ0v) is 10.2. The van der Waals surface area contributed by atoms with Crippen LogP contribution in [0.15, 0.2) is 12.2 Å². The van der Waals surface area contributed by atoms with E-state index in [1.54, 1.807) is 0 Å². The summed E-state index contributed by atoms with van der Waals surface area (Å²) in [6.07, 6.45) is 1.29. The lowest BCUT2D eigenvalue weighted by molar-refractivity contribution is 0.227. The molecule has 0 radical (unpaired) electrons. The van der Waals surface area contributed by atoms with E-state index in [2.05, 4.69) is 48.1 Å². The Morgan fingerprint density at radius 1 is 1.08 bits per heavy atom. The maximum absolute atomic E-state index is 4.04. The molecule has 4 unspecified atom stereocenters. The van der Waals surface area contributed by atoms with E-state index >= 15 is 0 Å². The van der Waals surface area contributed by atoms with Crippen LogP contribution < -0.4 is 0 Å². The van der Waals surface area contributed by atoms with E-state index in [4.69, 9.17) is 0 Å². The van der Waals surface area contributed by atoms with E-state index in [-0.39, 0.29) is 0 Å². The van der Waals surface area contributed by atoms with Crippen molar-refractivity contribution in [3.63, 3.8) is 0 Å². The minimum atomic E-state index is 0.656. The largest absolute Gasteiger partial charge is 0.0999 e. The quantitative estimate of drug-likeness (QED) is 0.548. The summed E-state index contributed by atoms with van der Waals surface area (Å²) >= 11 is 0. The van der Waals surface area contributed by atoms with Crippen LogP contribution in [0.4, 0.5) is 0 Å². The van der Waals surface area contributed by atoms with Crippen molar-refractivity contribution in [3.05, 3.63) is 12.2 Å². The Bertz CT molecular complexity index is 157. The molecule has 4 atom stereocenters. The molecule has 0 nitrogen and oxygen atoms in total. The van der Waals surface area contributed by atoms with Crippen molar-refractivity contribution < 1.29 is 0 Å². The van der Waals surface area contributed by atoms with Gasteiger partial charge in [0.15, 0.2) is 0 Å². The maximum atomic E-state index is 4.04. The molecule has 0 bridgehead atoms. The summed E-state index contributed by atoms with van der Waals surface area (Å²) in [5.74, 6) is 3.05. The summed E-state index contributed by atoms with van der Waals surface area (Å²) in [5, 5.41) is 0. The van der Waals surface area contributed by atoms with Gasteiger partial charge in [-0.3, -0.25) is 0 Å². The Labute approximate surface area is 84.4 Å². The van der Waals surface area contributed by atoms with E-state index in [0.717, 1.165) is 17.8 Å². The van der Waals surface area contributed by atoms with Crippen molar-refractivity contribution in [1.29, 1.82) is 0 Å². The lowest BCUT2D eigenvalue weighted by Crippen LogP contribution is -2.22. The van der Waals surface area contributed by atoms with Gasteiger partial charge in [0.2, 0.25) is 0 Å². The standard InChI is InChI=1S/C13H26/c1-8-10(4)12(6)13(7)11(5)9(2)3/h10-13H,2,8H2,1,3-7H3. The number of hydrogen-bond donors (Lipinski definition) is 0. The fourth-order valence-electron chi connectivity index (χ4n) is 1.79. The molecular weight excluding hydrogens is 156 g/mol. The highest BCUT2D eigenvalue weighted by Gasteiger charge is 2.22. The van der Waals surface area contributed by atoms with Gasteiger partial charge in [-0.05, 0) is 30.6 Å². The topological polar surface area (TPSA) is 0 Å². The lowest BCUT2D eigenvalue weighted by atomic mass is 9.75. The third-order valence-electron chi connectivity index (χ3n) is 3.94. The smallest absolute Gasteiger partial charge is 0.0209 e. The van der Waals surface area contributed by atoms with Crippen molar-refractivity contribution in [2.75, 3.05) is 0 Å². The Hall–Kier alpha value is -0.260. The van der Waals surface area contributed by atoms with Crippen molar-refractivity contribution in [2.24, 2.45) is 23.7 Å². The van der Waals surface area contributed by atoms with Crippen LogP contribution in [0.3, 0.4) is 0 Å². The van der Waals surface area contributed by atoms with Gasteiger partial charge in [0.05, 0.1) is 0 Å². The summed E-state index contributed by atoms with van der Waals surface area (Å²) < 4.78 is 0. The number of allylic oxidation sites excluding steroid dienone is 1. The second-order valence-corrected chi connectivity index (χ2v) is 4.74. The molecule has 0 aliphatic heterocycles. The van der Waals surface area contributed by atoms with Gasteiger partial charge in [-0.15, -0.1) is 0 Å². The third kappa shape index (κ3) is 3.54. The molecule has 78 valence electrons. The predicted octanol–water partition coefficient (Wildman–Crippen LogP) is 4.52. The highest BCUT2D eigenvalue weighted by Crippen LogP contribution is 2.31. The minimum Gasteiger partial charge on any atom is -0.0999 e. The van der Waals surface area contributed by atoms with E-state index in [1.807, 2.05) is 0 Å². The monoisotopic (exact) mass is 182 g/mol. The van der Waals surface area contributed by atoms with Crippen LogP contribution in [0.1, 0.15) is 48.0 Å². The average Bonchev–Trinajstić information content (AvgIpc) is 2.12. The summed E-state index contributed by atoms with van der Waals surface area (Å²) in [4.78, 5) is 0. The summed E-state index contributed by atoms with van der Waals surface area (Å²) in [5.41, 5.74) is 1.32. The summed E-state index contributed by atoms with van der Waals surface area (Å²) in [6.45, 7) is 17.8. The first-order chi connectivity index (χ1) is 5.91. The molecule has 0 spiro atoms. The first-order valence-corrected chi connectivity index (χ1v) is 5.57. The van der Waals surface area contributed by atoms with Crippen LogP contribution in [0.25, 0.3) is 0 Å². The van der Waals surface area contributed by atoms with Gasteiger partial charge >= 0.3 is 0 Å². The molecule has 13 heavy (non-hydrogen) atoms. The molecule has 0 saturated carbocycles. The Balaban J connectivity index is 4.24. The second-order valence-electron chi connectivity index (χ2n) is 4.74. The van der Waals surface area contributed by atoms with Crippen LogP contribution >= 0.6 is 0 Å². The molecule has 0 aromatic heterocycles. The zero-order chi connectivity index (χ0) is 10.6. The van der Waals surface area contributed by atoms with Crippen LogP contribution in [-0.2, 0) is 0 Å². The summed E-state index contributed by atoms with van der Waals surface area (Å²) in [7, 11) is 0. The fraction of sp³-hybridized carbons (Fsp3) is 0.846. The van der Waals surface area contributed by atoms with Gasteiger partial charge in [-0.2, -0.15) is 0 Å². The highest BCUT2D eigenvalue weighted by molar-refractivity contribution is 4.97. The first-order valence-electron chi connectivity index (χ1n) is 5.57. The van der Waals surface area contributed by atoms with Crippen molar-refractivity contribution >= 4 is 0 Å². The molecular formula is C13H26. The predicted molar refractivity (Wildman–Crippen MR) is 61.8 cm³/mol. The Morgan fingerprint density at radius 2 is 1.54 bits per heavy atom. The third-order valence-corrected chi connectivity index (χ3v) is 3.94. The molecule has 0 aliphatic rings. The van der Waals surface area contributed by atoms with Gasteiger partial charge in [0.1, 0.15) is 0 Å². The van der Waals surface area contributed by atoms with Crippen molar-refractivity contribution in [2.45, 2.75) is 48.0 Å². The number of rotatable bonds is 5. The second kappa shape index (κ2) is 5.47. The maximum Gasteiger partial charge on any atom is -0.0209 e. The van der Waals surface area contributed by atoms with Gasteiger partial charge in [0.25, 0.3) is 0 Å². The van der Waals surface area contributed by atoms with Crippen LogP contribution in [-0.4, -0.2) is 0 Å². The van der Waals surface area contributed by atoms with Gasteiger partial charge in [0, 0.05) is 0 Å². The average molecular weight is 182 g/mol. The van der Waals surface area contributed by atoms with Crippen LogP contribution in [0, 0.1) is 23.7 Å². The summed E-state index contributed by atoms with van der Waals surface area (Å²) in [6, 6.07) is 0. The zero-order valence-electron chi connectivity index (χ0n) is 10.2. The molecule has 0 fully saturated rings. The van der Waals surface area contributed by atoms with Crippen LogP contribution in [0.5, 0.6) is 0 Å². The highest BCUT2D eigenvalue weighted by atomic mass is 14.3. The Morgan fingerprint density at radius 3 is 1.85 bits per heavy atom. The van der Waals surface area contributed by atoms with Crippen molar-refractivity contribution in [3.8, 4) is 0 Å². The first kappa shape index (κ1) is 12.7. The van der Waals surface area contributed by atoms with Crippen LogP contribution in [0.2, 0.25) is 0 Å². The SMILES string of the molecule is C=C(C)C(C)C(C)C(C)C(C)CC. The minimum absolute atomic E-state index is 0.656. The van der Waals surface area contributed by atoms with E-state index < -0.39 is 0 Å². The van der Waals surface area contributed by atoms with E-state index in [1.165, 1.54) is 12.0 Å². The number of hydrogen-bond acceptors (Lipinski definition) is 0. The molecule has 0 heterocycles. The molecule has 0 aromatic rings.